The van der Waals surface area contributed by atoms with Crippen molar-refractivity contribution in [3.8, 4) is 17.2 Å². The molecule has 0 bridgehead atoms. The first-order chi connectivity index (χ1) is 15.2. The van der Waals surface area contributed by atoms with Gasteiger partial charge in [-0.25, -0.2) is 0 Å². The first kappa shape index (κ1) is 20.8. The molecule has 0 aliphatic rings. The third-order valence-corrected chi connectivity index (χ3v) is 6.57. The summed E-state index contributed by atoms with van der Waals surface area (Å²) in [5.41, 5.74) is 4.96. The lowest BCUT2D eigenvalue weighted by atomic mass is 10.0. The van der Waals surface area contributed by atoms with Gasteiger partial charge in [-0.1, -0.05) is 89.8 Å². The Hall–Kier alpha value is -3.47. The third kappa shape index (κ3) is 5.79. The van der Waals surface area contributed by atoms with E-state index in [4.69, 9.17) is 5.26 Å². The van der Waals surface area contributed by atoms with Crippen LogP contribution in [0.3, 0.4) is 0 Å². The summed E-state index contributed by atoms with van der Waals surface area (Å²) in [5, 5.41) is 20.4. The number of rotatable bonds is 7. The minimum Gasteiger partial charge on any atom is -0.300 e. The van der Waals surface area contributed by atoms with E-state index in [0.717, 1.165) is 32.3 Å². The van der Waals surface area contributed by atoms with Crippen LogP contribution in [-0.4, -0.2) is 16.1 Å². The van der Waals surface area contributed by atoms with E-state index in [1.54, 1.807) is 23.9 Å². The van der Waals surface area contributed by atoms with Gasteiger partial charge in [-0.05, 0) is 34.4 Å². The number of benzene rings is 3. The number of carbonyl (C=O) groups is 1. The summed E-state index contributed by atoms with van der Waals surface area (Å²) in [4.78, 5) is 12.4. The van der Waals surface area contributed by atoms with E-state index in [1.165, 1.54) is 11.3 Å². The molecule has 0 saturated heterocycles. The van der Waals surface area contributed by atoms with Crippen molar-refractivity contribution in [2.45, 2.75) is 16.5 Å². The smallest absolute Gasteiger partial charge is 0.230 e. The molecule has 1 aromatic heterocycles. The Morgan fingerprint density at radius 1 is 0.903 bits per heavy atom. The molecule has 0 aliphatic carbocycles. The molecule has 1 heterocycles. The van der Waals surface area contributed by atoms with Gasteiger partial charge in [0, 0.05) is 5.75 Å². The number of aromatic nitrogens is 2. The van der Waals surface area contributed by atoms with Crippen LogP contribution in [0, 0.1) is 11.3 Å². The Morgan fingerprint density at radius 2 is 1.58 bits per heavy atom. The van der Waals surface area contributed by atoms with Crippen molar-refractivity contribution in [3.05, 3.63) is 95.6 Å². The molecule has 1 amide bonds. The summed E-state index contributed by atoms with van der Waals surface area (Å²) in [6, 6.07) is 27.7. The normalized spacial score (nSPS) is 10.4. The number of amides is 1. The van der Waals surface area contributed by atoms with E-state index < -0.39 is 0 Å². The van der Waals surface area contributed by atoms with Crippen LogP contribution in [0.4, 0.5) is 5.13 Å². The summed E-state index contributed by atoms with van der Waals surface area (Å²) in [6.45, 7) is 0. The van der Waals surface area contributed by atoms with Crippen LogP contribution in [0.15, 0.2) is 83.2 Å². The van der Waals surface area contributed by atoms with Crippen molar-refractivity contribution >= 4 is 34.1 Å². The van der Waals surface area contributed by atoms with Crippen LogP contribution in [0.25, 0.3) is 11.1 Å². The number of carbonyl (C=O) groups excluding carboxylic acids is 1. The van der Waals surface area contributed by atoms with E-state index in [-0.39, 0.29) is 12.3 Å². The predicted molar refractivity (Wildman–Crippen MR) is 125 cm³/mol. The Balaban J connectivity index is 1.29. The summed E-state index contributed by atoms with van der Waals surface area (Å²) >= 11 is 2.90. The highest BCUT2D eigenvalue weighted by Crippen LogP contribution is 2.28. The predicted octanol–water partition coefficient (Wildman–Crippen LogP) is 5.55. The highest BCUT2D eigenvalue weighted by Gasteiger charge is 2.10. The average Bonchev–Trinajstić information content (AvgIpc) is 3.26. The average molecular weight is 443 g/mol. The first-order valence-electron chi connectivity index (χ1n) is 9.59. The zero-order chi connectivity index (χ0) is 21.5. The quantitative estimate of drug-likeness (QED) is 0.300. The molecule has 152 valence electrons. The lowest BCUT2D eigenvalue weighted by Gasteiger charge is -2.04. The molecule has 4 aromatic rings. The zero-order valence-corrected chi connectivity index (χ0v) is 18.1. The van der Waals surface area contributed by atoms with Gasteiger partial charge in [-0.3, -0.25) is 4.79 Å². The molecule has 31 heavy (non-hydrogen) atoms. The fourth-order valence-electron chi connectivity index (χ4n) is 2.93. The van der Waals surface area contributed by atoms with Crippen LogP contribution in [0.1, 0.15) is 16.7 Å². The van der Waals surface area contributed by atoms with Crippen molar-refractivity contribution in [1.29, 1.82) is 5.26 Å². The zero-order valence-electron chi connectivity index (χ0n) is 16.5. The van der Waals surface area contributed by atoms with Gasteiger partial charge in [0.1, 0.15) is 0 Å². The molecule has 0 fully saturated rings. The molecule has 0 saturated carbocycles. The van der Waals surface area contributed by atoms with Crippen LogP contribution < -0.4 is 5.32 Å². The highest BCUT2D eigenvalue weighted by molar-refractivity contribution is 8.00. The molecule has 0 unspecified atom stereocenters. The fraction of sp³-hybridized carbons (Fsp3) is 0.0833. The standard InChI is InChI=1S/C24H18N4OS2/c25-15-18-6-8-19(9-7-18)16-30-24-28-27-23(31-24)26-22(29)14-17-10-12-21(13-11-17)20-4-2-1-3-5-20/h1-13H,14,16H2,(H,26,27,29). The molecule has 0 aliphatic heterocycles. The molecular weight excluding hydrogens is 424 g/mol. The van der Waals surface area contributed by atoms with Crippen LogP contribution in [-0.2, 0) is 17.0 Å². The Kier molecular flexibility index (Phi) is 6.72. The molecule has 0 radical (unpaired) electrons. The van der Waals surface area contributed by atoms with Crippen molar-refractivity contribution in [2.24, 2.45) is 0 Å². The second-order valence-electron chi connectivity index (χ2n) is 6.76. The minimum absolute atomic E-state index is 0.118. The maximum absolute atomic E-state index is 12.4. The first-order valence-corrected chi connectivity index (χ1v) is 11.4. The molecule has 0 spiro atoms. The number of hydrogen-bond acceptors (Lipinski definition) is 6. The maximum atomic E-state index is 12.4. The SMILES string of the molecule is N#Cc1ccc(CSc2nnc(NC(=O)Cc3ccc(-c4ccccc4)cc3)s2)cc1. The lowest BCUT2D eigenvalue weighted by Crippen LogP contribution is -2.14. The van der Waals surface area contributed by atoms with Gasteiger partial charge in [-0.2, -0.15) is 5.26 Å². The van der Waals surface area contributed by atoms with Gasteiger partial charge < -0.3 is 5.32 Å². The molecular formula is C24H18N4OS2. The summed E-state index contributed by atoms with van der Waals surface area (Å²) in [6.07, 6.45) is 0.280. The number of nitriles is 1. The van der Waals surface area contributed by atoms with Crippen molar-refractivity contribution < 1.29 is 4.79 Å². The van der Waals surface area contributed by atoms with Gasteiger partial charge in [0.15, 0.2) is 4.34 Å². The van der Waals surface area contributed by atoms with Crippen molar-refractivity contribution in [2.75, 3.05) is 5.32 Å². The van der Waals surface area contributed by atoms with Crippen LogP contribution in [0.5, 0.6) is 0 Å². The van der Waals surface area contributed by atoms with E-state index in [9.17, 15) is 4.79 Å². The van der Waals surface area contributed by atoms with Crippen molar-refractivity contribution in [3.63, 3.8) is 0 Å². The largest absolute Gasteiger partial charge is 0.300 e. The number of nitrogens with one attached hydrogen (secondary N) is 1. The lowest BCUT2D eigenvalue weighted by molar-refractivity contribution is -0.115. The Labute approximate surface area is 188 Å². The van der Waals surface area contributed by atoms with Gasteiger partial charge in [0.2, 0.25) is 11.0 Å². The number of thioether (sulfide) groups is 1. The second kappa shape index (κ2) is 10.0. The second-order valence-corrected chi connectivity index (χ2v) is 8.96. The van der Waals surface area contributed by atoms with Gasteiger partial charge in [0.05, 0.1) is 18.1 Å². The molecule has 1 N–H and O–H groups in total. The van der Waals surface area contributed by atoms with E-state index in [0.29, 0.717) is 10.7 Å². The third-order valence-electron chi connectivity index (χ3n) is 4.52. The van der Waals surface area contributed by atoms with E-state index in [1.807, 2.05) is 54.6 Å². The van der Waals surface area contributed by atoms with E-state index >= 15 is 0 Å². The topological polar surface area (TPSA) is 78.7 Å². The number of hydrogen-bond donors (Lipinski definition) is 1. The highest BCUT2D eigenvalue weighted by atomic mass is 32.2. The summed E-state index contributed by atoms with van der Waals surface area (Å²) < 4.78 is 0.784. The molecule has 7 heteroatoms. The number of nitrogens with zero attached hydrogens (tertiary/aromatic N) is 3. The van der Waals surface area contributed by atoms with Crippen LogP contribution >= 0.6 is 23.1 Å². The minimum atomic E-state index is -0.118. The molecule has 3 aromatic carbocycles. The Morgan fingerprint density at radius 3 is 2.29 bits per heavy atom. The van der Waals surface area contributed by atoms with Gasteiger partial charge >= 0.3 is 0 Å². The maximum Gasteiger partial charge on any atom is 0.230 e. The molecule has 0 atom stereocenters. The monoisotopic (exact) mass is 442 g/mol. The van der Waals surface area contributed by atoms with Gasteiger partial charge in [-0.15, -0.1) is 10.2 Å². The molecule has 5 nitrogen and oxygen atoms in total. The van der Waals surface area contributed by atoms with E-state index in [2.05, 4.69) is 33.7 Å². The van der Waals surface area contributed by atoms with Crippen molar-refractivity contribution in [1.82, 2.24) is 10.2 Å². The Bertz CT molecular complexity index is 1200. The molecule has 4 rings (SSSR count). The fourth-order valence-corrected chi connectivity index (χ4v) is 4.66. The summed E-state index contributed by atoms with van der Waals surface area (Å²) in [7, 11) is 0. The van der Waals surface area contributed by atoms with Crippen LogP contribution in [0.2, 0.25) is 0 Å². The number of anilines is 1. The van der Waals surface area contributed by atoms with Gasteiger partial charge in [0.25, 0.3) is 0 Å². The summed E-state index contributed by atoms with van der Waals surface area (Å²) in [5.74, 6) is 0.606.